The Bertz CT molecular complexity index is 1340. The van der Waals surface area contributed by atoms with Crippen molar-refractivity contribution in [2.24, 2.45) is 0 Å². The van der Waals surface area contributed by atoms with Crippen molar-refractivity contribution in [1.82, 2.24) is 0 Å². The zero-order chi connectivity index (χ0) is 24.7. The minimum atomic E-state index is -0.846. The van der Waals surface area contributed by atoms with Gasteiger partial charge in [-0.15, -0.1) is 0 Å². The van der Waals surface area contributed by atoms with Crippen LogP contribution in [0.5, 0.6) is 17.2 Å². The number of nitrogens with zero attached hydrogens (tertiary/aromatic N) is 1. The highest BCUT2D eigenvalue weighted by Crippen LogP contribution is 2.45. The van der Waals surface area contributed by atoms with Crippen LogP contribution in [0.4, 0.5) is 5.69 Å². The van der Waals surface area contributed by atoms with Crippen LogP contribution in [-0.2, 0) is 9.59 Å². The first-order chi connectivity index (χ1) is 16.9. The Morgan fingerprint density at radius 3 is 2.43 bits per heavy atom. The fourth-order valence-corrected chi connectivity index (χ4v) is 4.50. The third-order valence-electron chi connectivity index (χ3n) is 6.36. The Labute approximate surface area is 203 Å². The molecule has 35 heavy (non-hydrogen) atoms. The van der Waals surface area contributed by atoms with Crippen LogP contribution in [0, 0.1) is 0 Å². The molecule has 0 aromatic heterocycles. The summed E-state index contributed by atoms with van der Waals surface area (Å²) in [5.74, 6) is -0.0319. The van der Waals surface area contributed by atoms with Crippen molar-refractivity contribution in [3.05, 3.63) is 89.0 Å². The Kier molecular flexibility index (Phi) is 5.68. The molecule has 0 aliphatic carbocycles. The van der Waals surface area contributed by atoms with Crippen LogP contribution in [-0.4, -0.2) is 30.7 Å². The SMILES string of the molecule is COc1ccccc1/C(O)=C1\C(=O)C(=O)N(c2ccc3c(c2)OCO3)C1c1ccc(C(C)C)cc1. The van der Waals surface area contributed by atoms with Crippen molar-refractivity contribution >= 4 is 23.1 Å². The van der Waals surface area contributed by atoms with Gasteiger partial charge in [-0.05, 0) is 41.3 Å². The number of hydrogen-bond donors (Lipinski definition) is 1. The van der Waals surface area contributed by atoms with Crippen LogP contribution in [0.15, 0.2) is 72.3 Å². The van der Waals surface area contributed by atoms with E-state index in [0.29, 0.717) is 40.0 Å². The van der Waals surface area contributed by atoms with Crippen LogP contribution < -0.4 is 19.1 Å². The number of hydrogen-bond acceptors (Lipinski definition) is 6. The number of Topliss-reactive ketones (excluding diaryl/α,β-unsaturated/α-hetero) is 1. The van der Waals surface area contributed by atoms with Gasteiger partial charge in [-0.1, -0.05) is 50.2 Å². The highest BCUT2D eigenvalue weighted by molar-refractivity contribution is 6.51. The van der Waals surface area contributed by atoms with Crippen molar-refractivity contribution in [3.8, 4) is 17.2 Å². The van der Waals surface area contributed by atoms with E-state index in [9.17, 15) is 14.7 Å². The summed E-state index contributed by atoms with van der Waals surface area (Å²) in [6.07, 6.45) is 0. The molecule has 0 radical (unpaired) electrons. The summed E-state index contributed by atoms with van der Waals surface area (Å²) in [6, 6.07) is 18.8. The van der Waals surface area contributed by atoms with Gasteiger partial charge in [0.15, 0.2) is 11.5 Å². The van der Waals surface area contributed by atoms with Crippen molar-refractivity contribution in [3.63, 3.8) is 0 Å². The fourth-order valence-electron chi connectivity index (χ4n) is 4.50. The summed E-state index contributed by atoms with van der Waals surface area (Å²) < 4.78 is 16.3. The lowest BCUT2D eigenvalue weighted by Gasteiger charge is -2.26. The van der Waals surface area contributed by atoms with E-state index in [1.165, 1.54) is 12.0 Å². The Morgan fingerprint density at radius 1 is 1.00 bits per heavy atom. The first-order valence-electron chi connectivity index (χ1n) is 11.3. The van der Waals surface area contributed by atoms with Gasteiger partial charge in [0.05, 0.1) is 24.3 Å². The predicted molar refractivity (Wildman–Crippen MR) is 131 cm³/mol. The van der Waals surface area contributed by atoms with Crippen molar-refractivity contribution in [2.45, 2.75) is 25.8 Å². The zero-order valence-corrected chi connectivity index (χ0v) is 19.6. The normalized spacial score (nSPS) is 18.4. The second kappa shape index (κ2) is 8.83. The highest BCUT2D eigenvalue weighted by Gasteiger charge is 2.47. The van der Waals surface area contributed by atoms with E-state index in [1.54, 1.807) is 42.5 Å². The molecule has 1 saturated heterocycles. The van der Waals surface area contributed by atoms with Crippen LogP contribution in [0.25, 0.3) is 5.76 Å². The van der Waals surface area contributed by atoms with Gasteiger partial charge in [0, 0.05) is 11.8 Å². The van der Waals surface area contributed by atoms with Gasteiger partial charge in [0.1, 0.15) is 11.5 Å². The smallest absolute Gasteiger partial charge is 0.300 e. The monoisotopic (exact) mass is 471 g/mol. The van der Waals surface area contributed by atoms with E-state index in [1.807, 2.05) is 24.3 Å². The summed E-state index contributed by atoms with van der Waals surface area (Å²) in [7, 11) is 1.49. The number of para-hydroxylation sites is 1. The van der Waals surface area contributed by atoms with Crippen molar-refractivity contribution < 1.29 is 28.9 Å². The Hall–Kier alpha value is -4.26. The number of aliphatic hydroxyl groups excluding tert-OH is 1. The zero-order valence-electron chi connectivity index (χ0n) is 19.6. The standard InChI is InChI=1S/C28H25NO6/c1-16(2)17-8-10-18(11-9-17)25-24(26(30)20-6-4-5-7-21(20)33-3)27(31)28(32)29(25)19-12-13-22-23(14-19)35-15-34-22/h4-14,16,25,30H,15H2,1-3H3/b26-24+. The second-order valence-corrected chi connectivity index (χ2v) is 8.73. The number of ether oxygens (including phenoxy) is 3. The summed E-state index contributed by atoms with van der Waals surface area (Å²) in [5, 5.41) is 11.4. The van der Waals surface area contributed by atoms with Crippen LogP contribution in [0.2, 0.25) is 0 Å². The molecule has 7 heteroatoms. The number of methoxy groups -OCH3 is 1. The molecule has 1 unspecified atom stereocenters. The maximum absolute atomic E-state index is 13.4. The number of rotatable bonds is 5. The van der Waals surface area contributed by atoms with E-state index >= 15 is 0 Å². The molecule has 2 aliphatic heterocycles. The molecular formula is C28H25NO6. The third-order valence-corrected chi connectivity index (χ3v) is 6.36. The fraction of sp³-hybridized carbons (Fsp3) is 0.214. The van der Waals surface area contributed by atoms with Crippen LogP contribution >= 0.6 is 0 Å². The predicted octanol–water partition coefficient (Wildman–Crippen LogP) is 5.17. The number of fused-ring (bicyclic) bond motifs is 1. The number of ketones is 1. The molecule has 7 nitrogen and oxygen atoms in total. The van der Waals surface area contributed by atoms with Gasteiger partial charge < -0.3 is 19.3 Å². The molecule has 0 bridgehead atoms. The van der Waals surface area contributed by atoms with Crippen molar-refractivity contribution in [1.29, 1.82) is 0 Å². The first-order valence-corrected chi connectivity index (χ1v) is 11.3. The average molecular weight is 472 g/mol. The van der Waals surface area contributed by atoms with Gasteiger partial charge in [-0.25, -0.2) is 0 Å². The molecule has 0 saturated carbocycles. The van der Waals surface area contributed by atoms with Gasteiger partial charge in [-0.3, -0.25) is 14.5 Å². The molecule has 2 aliphatic rings. The summed E-state index contributed by atoms with van der Waals surface area (Å²) >= 11 is 0. The molecule has 178 valence electrons. The summed E-state index contributed by atoms with van der Waals surface area (Å²) in [4.78, 5) is 28.2. The van der Waals surface area contributed by atoms with Gasteiger partial charge in [0.2, 0.25) is 6.79 Å². The average Bonchev–Trinajstić information content (AvgIpc) is 3.45. The molecule has 1 amide bonds. The molecule has 3 aromatic rings. The summed E-state index contributed by atoms with van der Waals surface area (Å²) in [6.45, 7) is 4.27. The molecule has 1 atom stereocenters. The molecule has 1 fully saturated rings. The number of carbonyl (C=O) groups is 2. The van der Waals surface area contributed by atoms with Gasteiger partial charge >= 0.3 is 0 Å². The van der Waals surface area contributed by atoms with Crippen LogP contribution in [0.3, 0.4) is 0 Å². The topological polar surface area (TPSA) is 85.3 Å². The highest BCUT2D eigenvalue weighted by atomic mass is 16.7. The lowest BCUT2D eigenvalue weighted by molar-refractivity contribution is -0.132. The van der Waals surface area contributed by atoms with Crippen molar-refractivity contribution in [2.75, 3.05) is 18.8 Å². The number of benzene rings is 3. The number of amides is 1. The van der Waals surface area contributed by atoms with E-state index in [0.717, 1.165) is 5.56 Å². The summed E-state index contributed by atoms with van der Waals surface area (Å²) in [5.41, 5.74) is 2.62. The molecule has 5 rings (SSSR count). The maximum atomic E-state index is 13.4. The van der Waals surface area contributed by atoms with Gasteiger partial charge in [-0.2, -0.15) is 0 Å². The minimum Gasteiger partial charge on any atom is -0.507 e. The van der Waals surface area contributed by atoms with Crippen LogP contribution in [0.1, 0.15) is 42.5 Å². The van der Waals surface area contributed by atoms with E-state index < -0.39 is 17.7 Å². The first kappa shape index (κ1) is 22.5. The molecule has 0 spiro atoms. The molecule has 3 aromatic carbocycles. The molecule has 2 heterocycles. The lowest BCUT2D eigenvalue weighted by Crippen LogP contribution is -2.29. The lowest BCUT2D eigenvalue weighted by atomic mass is 9.93. The number of anilines is 1. The number of aliphatic hydroxyl groups is 1. The molecular weight excluding hydrogens is 446 g/mol. The Balaban J connectivity index is 1.71. The van der Waals surface area contributed by atoms with Gasteiger partial charge in [0.25, 0.3) is 11.7 Å². The van der Waals surface area contributed by atoms with E-state index in [2.05, 4.69) is 13.8 Å². The Morgan fingerprint density at radius 2 is 1.71 bits per heavy atom. The quantitative estimate of drug-likeness (QED) is 0.314. The van der Waals surface area contributed by atoms with E-state index in [4.69, 9.17) is 14.2 Å². The minimum absolute atomic E-state index is 0.00513. The van der Waals surface area contributed by atoms with E-state index in [-0.39, 0.29) is 18.1 Å². The molecule has 1 N–H and O–H groups in total. The maximum Gasteiger partial charge on any atom is 0.300 e. The number of carbonyl (C=O) groups excluding carboxylic acids is 2. The second-order valence-electron chi connectivity index (χ2n) is 8.73. The third kappa shape index (κ3) is 3.79. The largest absolute Gasteiger partial charge is 0.507 e.